The van der Waals surface area contributed by atoms with Gasteiger partial charge in [0.05, 0.1) is 17.3 Å². The van der Waals surface area contributed by atoms with Crippen molar-refractivity contribution in [3.63, 3.8) is 0 Å². The summed E-state index contributed by atoms with van der Waals surface area (Å²) in [6.07, 6.45) is 2.38. The molecule has 0 saturated carbocycles. The molecule has 0 bridgehead atoms. The molecule has 2 aromatic carbocycles. The third kappa shape index (κ3) is 3.68. The molecule has 1 fully saturated rings. The van der Waals surface area contributed by atoms with Crippen molar-refractivity contribution < 1.29 is 13.6 Å². The molecule has 4 rings (SSSR count). The summed E-state index contributed by atoms with van der Waals surface area (Å²) in [4.78, 5) is 17.2. The van der Waals surface area contributed by atoms with Gasteiger partial charge in [-0.1, -0.05) is 31.2 Å². The van der Waals surface area contributed by atoms with E-state index < -0.39 is 0 Å². The van der Waals surface area contributed by atoms with Gasteiger partial charge < -0.3 is 15.1 Å². The van der Waals surface area contributed by atoms with Crippen molar-refractivity contribution in [2.45, 2.75) is 19.4 Å². The number of oxazole rings is 1. The number of nitrogens with zero attached hydrogens (tertiary/aromatic N) is 1. The number of piperidine rings is 1. The average molecular weight is 379 g/mol. The molecule has 2 N–H and O–H groups in total. The zero-order valence-electron chi connectivity index (χ0n) is 15.6. The Balaban J connectivity index is 1.62. The van der Waals surface area contributed by atoms with E-state index in [1.165, 1.54) is 12.3 Å². The molecule has 3 aromatic rings. The van der Waals surface area contributed by atoms with Crippen LogP contribution in [0.15, 0.2) is 59.1 Å². The van der Waals surface area contributed by atoms with Crippen molar-refractivity contribution in [2.75, 3.05) is 13.1 Å². The Morgan fingerprint density at radius 3 is 2.71 bits per heavy atom. The maximum atomic E-state index is 14.0. The summed E-state index contributed by atoms with van der Waals surface area (Å²) in [5.41, 5.74) is 1.42. The number of rotatable bonds is 4. The van der Waals surface area contributed by atoms with E-state index in [2.05, 4.69) is 22.5 Å². The smallest absolute Gasteiger partial charge is 0.252 e. The van der Waals surface area contributed by atoms with Crippen LogP contribution in [0.4, 0.5) is 4.39 Å². The summed E-state index contributed by atoms with van der Waals surface area (Å²) in [6.45, 7) is 3.90. The van der Waals surface area contributed by atoms with Crippen LogP contribution in [0.3, 0.4) is 0 Å². The maximum absolute atomic E-state index is 14.0. The molecular formula is C22H22FN3O2. The van der Waals surface area contributed by atoms with Crippen LogP contribution in [-0.2, 0) is 0 Å². The molecule has 6 heteroatoms. The van der Waals surface area contributed by atoms with E-state index in [9.17, 15) is 9.18 Å². The van der Waals surface area contributed by atoms with Crippen molar-refractivity contribution in [1.29, 1.82) is 0 Å². The Bertz CT molecular complexity index is 985. The highest BCUT2D eigenvalue weighted by atomic mass is 19.1. The van der Waals surface area contributed by atoms with Crippen molar-refractivity contribution in [3.05, 3.63) is 66.1 Å². The molecule has 28 heavy (non-hydrogen) atoms. The minimum absolute atomic E-state index is 0.125. The lowest BCUT2D eigenvalue weighted by Gasteiger charge is -2.30. The second-order valence-corrected chi connectivity index (χ2v) is 7.11. The molecule has 0 aliphatic carbocycles. The molecule has 1 saturated heterocycles. The van der Waals surface area contributed by atoms with Gasteiger partial charge in [0.2, 0.25) is 5.89 Å². The number of hydrogen-bond donors (Lipinski definition) is 2. The first kappa shape index (κ1) is 18.4. The van der Waals surface area contributed by atoms with Crippen LogP contribution in [0.25, 0.3) is 22.8 Å². The summed E-state index contributed by atoms with van der Waals surface area (Å²) in [5.74, 6) is 0.452. The van der Waals surface area contributed by atoms with Gasteiger partial charge in [-0.3, -0.25) is 4.79 Å². The number of hydrogen-bond acceptors (Lipinski definition) is 4. The fourth-order valence-corrected chi connectivity index (χ4v) is 3.53. The number of carbonyl (C=O) groups excluding carboxylic acids is 1. The van der Waals surface area contributed by atoms with Gasteiger partial charge in [0.15, 0.2) is 5.76 Å². The Labute approximate surface area is 163 Å². The summed E-state index contributed by atoms with van der Waals surface area (Å²) >= 11 is 0. The number of halogens is 1. The van der Waals surface area contributed by atoms with Gasteiger partial charge in [0.1, 0.15) is 5.82 Å². The van der Waals surface area contributed by atoms with Gasteiger partial charge in [-0.15, -0.1) is 0 Å². The zero-order chi connectivity index (χ0) is 19.5. The molecule has 5 nitrogen and oxygen atoms in total. The van der Waals surface area contributed by atoms with Crippen LogP contribution in [-0.4, -0.2) is 30.0 Å². The fraction of sp³-hybridized carbons (Fsp3) is 0.273. The lowest BCUT2D eigenvalue weighted by Crippen LogP contribution is -2.48. The third-order valence-electron chi connectivity index (χ3n) is 5.15. The second kappa shape index (κ2) is 7.94. The summed E-state index contributed by atoms with van der Waals surface area (Å²) in [7, 11) is 0. The molecule has 2 atom stereocenters. The fourth-order valence-electron chi connectivity index (χ4n) is 3.53. The molecule has 0 spiro atoms. The SMILES string of the molecule is CC1CNCCC1NC(=O)c1ccccc1-c1ncc(-c2ccccc2F)o1. The number of carbonyl (C=O) groups is 1. The normalized spacial score (nSPS) is 19.4. The number of benzene rings is 2. The highest BCUT2D eigenvalue weighted by molar-refractivity contribution is 6.00. The third-order valence-corrected chi connectivity index (χ3v) is 5.15. The van der Waals surface area contributed by atoms with E-state index in [1.807, 2.05) is 12.1 Å². The van der Waals surface area contributed by atoms with Gasteiger partial charge in [-0.05, 0) is 49.7 Å². The van der Waals surface area contributed by atoms with E-state index in [-0.39, 0.29) is 17.8 Å². The van der Waals surface area contributed by atoms with Gasteiger partial charge in [0, 0.05) is 11.6 Å². The van der Waals surface area contributed by atoms with E-state index in [0.29, 0.717) is 34.3 Å². The monoisotopic (exact) mass is 379 g/mol. The molecule has 1 amide bonds. The Kier molecular flexibility index (Phi) is 5.21. The molecule has 1 aliphatic heterocycles. The molecule has 144 valence electrons. The largest absolute Gasteiger partial charge is 0.436 e. The minimum Gasteiger partial charge on any atom is -0.436 e. The van der Waals surface area contributed by atoms with Crippen molar-refractivity contribution >= 4 is 5.91 Å². The van der Waals surface area contributed by atoms with Crippen molar-refractivity contribution in [1.82, 2.24) is 15.6 Å². The van der Waals surface area contributed by atoms with Gasteiger partial charge in [-0.2, -0.15) is 0 Å². The number of nitrogens with one attached hydrogen (secondary N) is 2. The molecule has 2 heterocycles. The Morgan fingerprint density at radius 2 is 1.93 bits per heavy atom. The van der Waals surface area contributed by atoms with Crippen molar-refractivity contribution in [3.8, 4) is 22.8 Å². The highest BCUT2D eigenvalue weighted by Crippen LogP contribution is 2.29. The molecule has 1 aromatic heterocycles. The topological polar surface area (TPSA) is 67.2 Å². The lowest BCUT2D eigenvalue weighted by atomic mass is 9.94. The lowest BCUT2D eigenvalue weighted by molar-refractivity contribution is 0.0914. The summed E-state index contributed by atoms with van der Waals surface area (Å²) in [5, 5.41) is 6.46. The van der Waals surface area contributed by atoms with Crippen molar-refractivity contribution in [2.24, 2.45) is 5.92 Å². The van der Waals surface area contributed by atoms with Crippen LogP contribution >= 0.6 is 0 Å². The first-order chi connectivity index (χ1) is 13.6. The number of amides is 1. The highest BCUT2D eigenvalue weighted by Gasteiger charge is 2.25. The zero-order valence-corrected chi connectivity index (χ0v) is 15.6. The average Bonchev–Trinajstić information content (AvgIpc) is 3.20. The predicted molar refractivity (Wildman–Crippen MR) is 105 cm³/mol. The Hall–Kier alpha value is -2.99. The standard InChI is InChI=1S/C22H22FN3O2/c1-14-12-24-11-10-19(14)26-21(27)15-6-2-3-7-16(15)22-25-13-20(28-22)17-8-4-5-9-18(17)23/h2-9,13-14,19,24H,10-12H2,1H3,(H,26,27). The number of aromatic nitrogens is 1. The summed E-state index contributed by atoms with van der Waals surface area (Å²) < 4.78 is 19.8. The molecule has 0 radical (unpaired) electrons. The molecule has 1 aliphatic rings. The second-order valence-electron chi connectivity index (χ2n) is 7.11. The minimum atomic E-state index is -0.379. The Morgan fingerprint density at radius 1 is 1.18 bits per heavy atom. The van der Waals surface area contributed by atoms with E-state index in [1.54, 1.807) is 30.3 Å². The first-order valence-corrected chi connectivity index (χ1v) is 9.45. The van der Waals surface area contributed by atoms with Gasteiger partial charge in [-0.25, -0.2) is 9.37 Å². The van der Waals surface area contributed by atoms with Gasteiger partial charge in [0.25, 0.3) is 5.91 Å². The molecular weight excluding hydrogens is 357 g/mol. The predicted octanol–water partition coefficient (Wildman–Crippen LogP) is 3.88. The molecule has 2 unspecified atom stereocenters. The van der Waals surface area contributed by atoms with Crippen LogP contribution in [0.2, 0.25) is 0 Å². The van der Waals surface area contributed by atoms with Crippen LogP contribution in [0, 0.1) is 11.7 Å². The van der Waals surface area contributed by atoms with Gasteiger partial charge >= 0.3 is 0 Å². The van der Waals surface area contributed by atoms with Crippen LogP contribution in [0.1, 0.15) is 23.7 Å². The van der Waals surface area contributed by atoms with E-state index in [4.69, 9.17) is 4.42 Å². The van der Waals surface area contributed by atoms with Crippen LogP contribution in [0.5, 0.6) is 0 Å². The maximum Gasteiger partial charge on any atom is 0.252 e. The van der Waals surface area contributed by atoms with E-state index in [0.717, 1.165) is 19.5 Å². The van der Waals surface area contributed by atoms with E-state index >= 15 is 0 Å². The summed E-state index contributed by atoms with van der Waals surface area (Å²) in [6, 6.07) is 13.7. The first-order valence-electron chi connectivity index (χ1n) is 9.45. The van der Waals surface area contributed by atoms with Crippen LogP contribution < -0.4 is 10.6 Å². The quantitative estimate of drug-likeness (QED) is 0.722.